The lowest BCUT2D eigenvalue weighted by Gasteiger charge is -2.39. The number of halogens is 6. The molecule has 1 aromatic carbocycles. The fraction of sp³-hybridized carbons (Fsp3) is 0.692. The number of likely N-dealkylation sites (tertiary alicyclic amines) is 1. The number of nitrogens with zero attached hydrogens (tertiary/aromatic N) is 4. The van der Waals surface area contributed by atoms with E-state index in [0.29, 0.717) is 6.54 Å². The summed E-state index contributed by atoms with van der Waals surface area (Å²) in [5, 5.41) is 0. The number of carbonyl (C=O) groups is 2. The molecule has 1 aromatic rings. The Kier molecular flexibility index (Phi) is 8.30. The first-order chi connectivity index (χ1) is 18.2. The van der Waals surface area contributed by atoms with Crippen molar-refractivity contribution in [3.63, 3.8) is 0 Å². The maximum absolute atomic E-state index is 12.8. The normalized spacial score (nSPS) is 20.7. The van der Waals surface area contributed by atoms with Gasteiger partial charge in [0.15, 0.2) is 0 Å². The van der Waals surface area contributed by atoms with Gasteiger partial charge in [-0.25, -0.2) is 4.79 Å². The van der Waals surface area contributed by atoms with E-state index in [0.717, 1.165) is 67.2 Å². The second kappa shape index (κ2) is 11.1. The van der Waals surface area contributed by atoms with Crippen molar-refractivity contribution in [1.29, 1.82) is 0 Å². The monoisotopic (exact) mass is 564 g/mol. The summed E-state index contributed by atoms with van der Waals surface area (Å²) in [4.78, 5) is 31.0. The summed E-state index contributed by atoms with van der Waals surface area (Å²) in [5.41, 5.74) is 3.46. The van der Waals surface area contributed by atoms with Gasteiger partial charge >= 0.3 is 18.4 Å². The van der Waals surface area contributed by atoms with Gasteiger partial charge in [0, 0.05) is 71.5 Å². The zero-order chi connectivity index (χ0) is 28.6. The molecule has 13 heteroatoms. The minimum absolute atomic E-state index is 0.0397. The molecule has 2 amide bonds. The van der Waals surface area contributed by atoms with Gasteiger partial charge in [0.25, 0.3) is 6.10 Å². The molecule has 1 spiro atoms. The Balaban J connectivity index is 1.35. The third-order valence-electron chi connectivity index (χ3n) is 8.13. The molecule has 3 aliphatic heterocycles. The lowest BCUT2D eigenvalue weighted by atomic mass is 9.78. The zero-order valence-electron chi connectivity index (χ0n) is 22.1. The Morgan fingerprint density at radius 2 is 1.49 bits per heavy atom. The highest BCUT2D eigenvalue weighted by atomic mass is 19.4. The largest absolute Gasteiger partial charge is 0.434 e. The maximum atomic E-state index is 12.8. The molecule has 3 heterocycles. The summed E-state index contributed by atoms with van der Waals surface area (Å²) >= 11 is 0. The minimum Gasteiger partial charge on any atom is -0.426 e. The molecule has 0 aromatic heterocycles. The lowest BCUT2D eigenvalue weighted by Crippen LogP contribution is -2.52. The number of benzene rings is 1. The molecule has 7 nitrogen and oxygen atoms in total. The number of piperazine rings is 1. The molecule has 39 heavy (non-hydrogen) atoms. The van der Waals surface area contributed by atoms with E-state index >= 15 is 0 Å². The Bertz CT molecular complexity index is 1030. The molecule has 0 N–H and O–H groups in total. The molecular formula is C26H34F6N4O3. The van der Waals surface area contributed by atoms with Crippen LogP contribution in [0.5, 0.6) is 0 Å². The molecule has 0 saturated carbocycles. The van der Waals surface area contributed by atoms with E-state index in [1.54, 1.807) is 6.92 Å². The number of carbonyl (C=O) groups excluding carboxylic acids is 2. The standard InChI is InChI=1S/C26H34F6N4O3/c1-18-3-4-20(21(15-18)36-10-7-24(17-36)5-8-34(9-6-24)19(2)37)16-33-11-13-35(14-12-33)23(38)39-22(25(27,28)29)26(30,31)32/h3-4,15,22H,5-14,16-17H2,1-2H3. The molecule has 3 fully saturated rings. The number of amides is 2. The molecule has 0 aliphatic carbocycles. The molecule has 0 atom stereocenters. The fourth-order valence-electron chi connectivity index (χ4n) is 5.77. The van der Waals surface area contributed by atoms with E-state index < -0.39 is 24.5 Å². The molecule has 3 aliphatic rings. The predicted molar refractivity (Wildman–Crippen MR) is 131 cm³/mol. The summed E-state index contributed by atoms with van der Waals surface area (Å²) in [6.45, 7) is 7.98. The molecule has 3 saturated heterocycles. The van der Waals surface area contributed by atoms with Crippen molar-refractivity contribution in [3.05, 3.63) is 29.3 Å². The summed E-state index contributed by atoms with van der Waals surface area (Å²) in [6.07, 6.45) is -14.3. The first kappa shape index (κ1) is 29.3. The minimum atomic E-state index is -5.74. The molecule has 218 valence electrons. The number of hydrogen-bond donors (Lipinski definition) is 0. The van der Waals surface area contributed by atoms with Crippen LogP contribution in [0.1, 0.15) is 37.3 Å². The van der Waals surface area contributed by atoms with Gasteiger partial charge in [0.1, 0.15) is 0 Å². The van der Waals surface area contributed by atoms with E-state index in [1.165, 1.54) is 0 Å². The SMILES string of the molecule is CC(=O)N1CCC2(CC1)CCN(c1cc(C)ccc1CN1CCN(C(=O)OC(C(F)(F)F)C(F)(F)F)CC1)C2. The third kappa shape index (κ3) is 6.90. The summed E-state index contributed by atoms with van der Waals surface area (Å²) in [6, 6.07) is 6.20. The van der Waals surface area contributed by atoms with E-state index in [1.807, 2.05) is 28.9 Å². The van der Waals surface area contributed by atoms with Gasteiger partial charge in [0.2, 0.25) is 5.91 Å². The van der Waals surface area contributed by atoms with Crippen molar-refractivity contribution in [3.8, 4) is 0 Å². The van der Waals surface area contributed by atoms with Crippen LogP contribution in [0.25, 0.3) is 0 Å². The van der Waals surface area contributed by atoms with Crippen LogP contribution in [0.4, 0.5) is 36.8 Å². The third-order valence-corrected chi connectivity index (χ3v) is 8.13. The average molecular weight is 565 g/mol. The lowest BCUT2D eigenvalue weighted by molar-refractivity contribution is -0.308. The Morgan fingerprint density at radius 1 is 0.897 bits per heavy atom. The topological polar surface area (TPSA) is 56.3 Å². The zero-order valence-corrected chi connectivity index (χ0v) is 22.1. The number of alkyl halides is 6. The summed E-state index contributed by atoms with van der Waals surface area (Å²) in [5.74, 6) is 0.106. The number of ether oxygens (including phenoxy) is 1. The van der Waals surface area contributed by atoms with Crippen LogP contribution < -0.4 is 4.90 Å². The van der Waals surface area contributed by atoms with Crippen LogP contribution in [0.3, 0.4) is 0 Å². The van der Waals surface area contributed by atoms with Crippen molar-refractivity contribution < 1.29 is 40.7 Å². The molecule has 0 radical (unpaired) electrons. The van der Waals surface area contributed by atoms with Crippen LogP contribution in [-0.4, -0.2) is 97.5 Å². The number of piperidine rings is 1. The predicted octanol–water partition coefficient (Wildman–Crippen LogP) is 4.58. The van der Waals surface area contributed by atoms with Crippen molar-refractivity contribution >= 4 is 17.7 Å². The molecule has 4 rings (SSSR count). The van der Waals surface area contributed by atoms with Gasteiger partial charge in [-0.3, -0.25) is 9.69 Å². The van der Waals surface area contributed by atoms with Crippen LogP contribution in [0, 0.1) is 12.3 Å². The number of hydrogen-bond acceptors (Lipinski definition) is 5. The Morgan fingerprint density at radius 3 is 2.05 bits per heavy atom. The number of aryl methyl sites for hydroxylation is 1. The fourth-order valence-corrected chi connectivity index (χ4v) is 5.77. The van der Waals surface area contributed by atoms with E-state index in [-0.39, 0.29) is 37.5 Å². The Labute approximate surface area is 223 Å². The molecule has 0 unspecified atom stereocenters. The van der Waals surface area contributed by atoms with E-state index in [2.05, 4.69) is 15.7 Å². The first-order valence-electron chi connectivity index (χ1n) is 13.1. The first-order valence-corrected chi connectivity index (χ1v) is 13.1. The number of rotatable bonds is 4. The summed E-state index contributed by atoms with van der Waals surface area (Å²) < 4.78 is 80.4. The highest BCUT2D eigenvalue weighted by Gasteiger charge is 2.60. The van der Waals surface area contributed by atoms with E-state index in [9.17, 15) is 35.9 Å². The quantitative estimate of drug-likeness (QED) is 0.502. The second-order valence-corrected chi connectivity index (χ2v) is 10.9. The van der Waals surface area contributed by atoms with Crippen molar-refractivity contribution in [2.45, 2.75) is 58.1 Å². The van der Waals surface area contributed by atoms with Gasteiger partial charge in [-0.05, 0) is 48.8 Å². The van der Waals surface area contributed by atoms with Crippen LogP contribution in [0.15, 0.2) is 18.2 Å². The van der Waals surface area contributed by atoms with Crippen LogP contribution >= 0.6 is 0 Å². The highest BCUT2D eigenvalue weighted by molar-refractivity contribution is 5.73. The van der Waals surface area contributed by atoms with Crippen molar-refractivity contribution in [1.82, 2.24) is 14.7 Å². The van der Waals surface area contributed by atoms with Gasteiger partial charge in [-0.2, -0.15) is 26.3 Å². The maximum Gasteiger partial charge on any atom is 0.434 e. The van der Waals surface area contributed by atoms with Crippen molar-refractivity contribution in [2.24, 2.45) is 5.41 Å². The average Bonchev–Trinajstić information content (AvgIpc) is 3.26. The molecule has 0 bridgehead atoms. The van der Waals surface area contributed by atoms with E-state index in [4.69, 9.17) is 0 Å². The Hall–Kier alpha value is -2.70. The van der Waals surface area contributed by atoms with Crippen molar-refractivity contribution in [2.75, 3.05) is 57.3 Å². The second-order valence-electron chi connectivity index (χ2n) is 10.9. The van der Waals surface area contributed by atoms with Gasteiger partial charge in [-0.15, -0.1) is 0 Å². The van der Waals surface area contributed by atoms with Gasteiger partial charge in [-0.1, -0.05) is 12.1 Å². The van der Waals surface area contributed by atoms with Gasteiger partial charge in [0.05, 0.1) is 0 Å². The molecular weight excluding hydrogens is 530 g/mol. The van der Waals surface area contributed by atoms with Crippen LogP contribution in [0.2, 0.25) is 0 Å². The smallest absolute Gasteiger partial charge is 0.426 e. The number of anilines is 1. The van der Waals surface area contributed by atoms with Crippen LogP contribution in [-0.2, 0) is 16.1 Å². The highest BCUT2D eigenvalue weighted by Crippen LogP contribution is 2.43. The summed E-state index contributed by atoms with van der Waals surface area (Å²) in [7, 11) is 0. The van der Waals surface area contributed by atoms with Gasteiger partial charge < -0.3 is 19.4 Å².